The van der Waals surface area contributed by atoms with Gasteiger partial charge in [0.05, 0.1) is 0 Å². The summed E-state index contributed by atoms with van der Waals surface area (Å²) in [6.45, 7) is 2.40. The predicted octanol–water partition coefficient (Wildman–Crippen LogP) is 1.99. The largest absolute Gasteiger partial charge is 0.352 e. The highest BCUT2D eigenvalue weighted by Crippen LogP contribution is 2.23. The summed E-state index contributed by atoms with van der Waals surface area (Å²) in [4.78, 5) is 11.9. The van der Waals surface area contributed by atoms with Gasteiger partial charge in [-0.1, -0.05) is 0 Å². The Morgan fingerprint density at radius 1 is 1.44 bits per heavy atom. The molecule has 1 aromatic rings. The van der Waals surface area contributed by atoms with E-state index < -0.39 is 0 Å². The Morgan fingerprint density at radius 2 is 2.22 bits per heavy atom. The summed E-state index contributed by atoms with van der Waals surface area (Å²) in [6.07, 6.45) is 3.05. The molecule has 3 N–H and O–H groups in total. The molecule has 3 nitrogen and oxygen atoms in total. The van der Waals surface area contributed by atoms with Gasteiger partial charge in [0.15, 0.2) is 0 Å². The Bertz CT molecular complexity index is 427. The number of aryl methyl sites for hydroxylation is 1. The number of amides is 1. The van der Waals surface area contributed by atoms with Gasteiger partial charge in [-0.3, -0.25) is 4.79 Å². The molecule has 1 aliphatic rings. The molecule has 0 aliphatic heterocycles. The number of halogens is 1. The summed E-state index contributed by atoms with van der Waals surface area (Å²) in [7, 11) is 0. The minimum Gasteiger partial charge on any atom is -0.352 e. The van der Waals surface area contributed by atoms with Gasteiger partial charge in [-0.15, -0.1) is 0 Å². The van der Waals surface area contributed by atoms with Gasteiger partial charge in [0, 0.05) is 18.2 Å². The second-order valence-electron chi connectivity index (χ2n) is 5.17. The average Bonchev–Trinajstić information content (AvgIpc) is 2.70. The van der Waals surface area contributed by atoms with Crippen LogP contribution in [-0.2, 0) is 0 Å². The minimum atomic E-state index is -0.372. The van der Waals surface area contributed by atoms with Crippen molar-refractivity contribution in [2.45, 2.75) is 32.2 Å². The lowest BCUT2D eigenvalue weighted by molar-refractivity contribution is 0.0946. The van der Waals surface area contributed by atoms with Crippen LogP contribution in [0, 0.1) is 18.7 Å². The van der Waals surface area contributed by atoms with Crippen molar-refractivity contribution in [1.82, 2.24) is 5.32 Å². The van der Waals surface area contributed by atoms with Crippen molar-refractivity contribution in [3.05, 3.63) is 35.1 Å². The molecule has 1 saturated carbocycles. The molecule has 0 aromatic heterocycles. The lowest BCUT2D eigenvalue weighted by atomic mass is 10.1. The number of hydrogen-bond acceptors (Lipinski definition) is 2. The lowest BCUT2D eigenvalue weighted by Gasteiger charge is -2.11. The molecule has 0 bridgehead atoms. The molecule has 18 heavy (non-hydrogen) atoms. The molecule has 98 valence electrons. The van der Waals surface area contributed by atoms with Gasteiger partial charge in [-0.2, -0.15) is 0 Å². The maximum Gasteiger partial charge on any atom is 0.251 e. The summed E-state index contributed by atoms with van der Waals surface area (Å²) < 4.78 is 13.2. The summed E-state index contributed by atoms with van der Waals surface area (Å²) >= 11 is 0. The smallest absolute Gasteiger partial charge is 0.251 e. The van der Waals surface area contributed by atoms with Crippen molar-refractivity contribution in [3.63, 3.8) is 0 Å². The molecular formula is C14H19FN2O. The highest BCUT2D eigenvalue weighted by Gasteiger charge is 2.22. The Hall–Kier alpha value is -1.42. The van der Waals surface area contributed by atoms with Gasteiger partial charge in [-0.25, -0.2) is 4.39 Å². The molecule has 1 aliphatic carbocycles. The third kappa shape index (κ3) is 3.29. The summed E-state index contributed by atoms with van der Waals surface area (Å²) in [5.74, 6) is -0.125. The zero-order chi connectivity index (χ0) is 13.1. The van der Waals surface area contributed by atoms with Gasteiger partial charge in [0.25, 0.3) is 5.91 Å². The minimum absolute atomic E-state index is 0.210. The van der Waals surface area contributed by atoms with Crippen molar-refractivity contribution in [2.24, 2.45) is 11.7 Å². The standard InChI is InChI=1S/C14H19FN2O/c1-9-4-11(7-12(15)5-9)14(18)17-8-10-2-3-13(16)6-10/h4-5,7,10,13H,2-3,6,8,16H2,1H3,(H,17,18). The van der Waals surface area contributed by atoms with E-state index in [4.69, 9.17) is 5.73 Å². The van der Waals surface area contributed by atoms with E-state index in [-0.39, 0.29) is 17.8 Å². The van der Waals surface area contributed by atoms with Crippen molar-refractivity contribution in [2.75, 3.05) is 6.54 Å². The summed E-state index contributed by atoms with van der Waals surface area (Å²) in [5.41, 5.74) is 6.96. The lowest BCUT2D eigenvalue weighted by Crippen LogP contribution is -2.29. The Balaban J connectivity index is 1.91. The van der Waals surface area contributed by atoms with Gasteiger partial charge in [-0.05, 0) is 55.9 Å². The van der Waals surface area contributed by atoms with E-state index in [1.807, 2.05) is 0 Å². The molecule has 1 fully saturated rings. The first-order chi connectivity index (χ1) is 8.54. The number of carbonyl (C=O) groups excluding carboxylic acids is 1. The first kappa shape index (κ1) is 13.0. The van der Waals surface area contributed by atoms with Crippen LogP contribution in [0.2, 0.25) is 0 Å². The normalized spacial score (nSPS) is 23.1. The van der Waals surface area contributed by atoms with Crippen LogP contribution < -0.4 is 11.1 Å². The predicted molar refractivity (Wildman–Crippen MR) is 68.8 cm³/mol. The molecule has 2 unspecified atom stereocenters. The zero-order valence-electron chi connectivity index (χ0n) is 10.6. The Kier molecular flexibility index (Phi) is 3.97. The van der Waals surface area contributed by atoms with Crippen LogP contribution in [0.15, 0.2) is 18.2 Å². The number of carbonyl (C=O) groups is 1. The molecule has 1 aromatic carbocycles. The van der Waals surface area contributed by atoms with Crippen LogP contribution in [0.1, 0.15) is 35.2 Å². The second kappa shape index (κ2) is 5.48. The third-order valence-corrected chi connectivity index (χ3v) is 3.44. The fourth-order valence-electron chi connectivity index (χ4n) is 2.51. The van der Waals surface area contributed by atoms with Crippen LogP contribution in [0.3, 0.4) is 0 Å². The molecule has 4 heteroatoms. The van der Waals surface area contributed by atoms with Crippen molar-refractivity contribution >= 4 is 5.91 Å². The maximum atomic E-state index is 13.2. The zero-order valence-corrected chi connectivity index (χ0v) is 10.6. The summed E-state index contributed by atoms with van der Waals surface area (Å²) in [6, 6.07) is 4.64. The number of benzene rings is 1. The van der Waals surface area contributed by atoms with E-state index in [2.05, 4.69) is 5.32 Å². The third-order valence-electron chi connectivity index (χ3n) is 3.44. The second-order valence-corrected chi connectivity index (χ2v) is 5.17. The molecular weight excluding hydrogens is 231 g/mol. The highest BCUT2D eigenvalue weighted by atomic mass is 19.1. The number of nitrogens with one attached hydrogen (secondary N) is 1. The van der Waals surface area contributed by atoms with E-state index in [0.29, 0.717) is 18.0 Å². The van der Waals surface area contributed by atoms with E-state index in [1.54, 1.807) is 13.0 Å². The molecule has 1 amide bonds. The van der Waals surface area contributed by atoms with Gasteiger partial charge >= 0.3 is 0 Å². The Morgan fingerprint density at radius 3 is 2.83 bits per heavy atom. The van der Waals surface area contributed by atoms with E-state index in [1.165, 1.54) is 12.1 Å². The fraction of sp³-hybridized carbons (Fsp3) is 0.500. The van der Waals surface area contributed by atoms with Crippen molar-refractivity contribution in [1.29, 1.82) is 0 Å². The first-order valence-electron chi connectivity index (χ1n) is 6.35. The van der Waals surface area contributed by atoms with E-state index >= 15 is 0 Å². The molecule has 0 radical (unpaired) electrons. The van der Waals surface area contributed by atoms with Gasteiger partial charge in [0.2, 0.25) is 0 Å². The SMILES string of the molecule is Cc1cc(F)cc(C(=O)NCC2CCC(N)C2)c1. The van der Waals surface area contributed by atoms with Crippen LogP contribution in [0.4, 0.5) is 4.39 Å². The molecule has 0 saturated heterocycles. The monoisotopic (exact) mass is 250 g/mol. The molecule has 0 spiro atoms. The number of nitrogens with two attached hydrogens (primary N) is 1. The number of rotatable bonds is 3. The maximum absolute atomic E-state index is 13.2. The quantitative estimate of drug-likeness (QED) is 0.862. The van der Waals surface area contributed by atoms with E-state index in [0.717, 1.165) is 24.8 Å². The fourth-order valence-corrected chi connectivity index (χ4v) is 2.51. The first-order valence-corrected chi connectivity index (χ1v) is 6.35. The molecule has 2 atom stereocenters. The van der Waals surface area contributed by atoms with Gasteiger partial charge < -0.3 is 11.1 Å². The highest BCUT2D eigenvalue weighted by molar-refractivity contribution is 5.94. The van der Waals surface area contributed by atoms with E-state index in [9.17, 15) is 9.18 Å². The topological polar surface area (TPSA) is 55.1 Å². The molecule has 2 rings (SSSR count). The molecule has 0 heterocycles. The number of hydrogen-bond donors (Lipinski definition) is 2. The van der Waals surface area contributed by atoms with Crippen LogP contribution in [0.25, 0.3) is 0 Å². The van der Waals surface area contributed by atoms with Gasteiger partial charge in [0.1, 0.15) is 5.82 Å². The Labute approximate surface area is 107 Å². The average molecular weight is 250 g/mol. The summed E-state index contributed by atoms with van der Waals surface area (Å²) in [5, 5.41) is 2.85. The van der Waals surface area contributed by atoms with Crippen LogP contribution in [0.5, 0.6) is 0 Å². The van der Waals surface area contributed by atoms with Crippen LogP contribution >= 0.6 is 0 Å². The van der Waals surface area contributed by atoms with Crippen molar-refractivity contribution < 1.29 is 9.18 Å². The van der Waals surface area contributed by atoms with Crippen LogP contribution in [-0.4, -0.2) is 18.5 Å². The van der Waals surface area contributed by atoms with Crippen molar-refractivity contribution in [3.8, 4) is 0 Å².